The summed E-state index contributed by atoms with van der Waals surface area (Å²) in [5, 5.41) is 22.2. The second kappa shape index (κ2) is 6.95. The number of β-lactam (4-membered cyclic amide) rings is 1. The number of nitrogens with zero attached hydrogens (tertiary/aromatic N) is 2. The maximum Gasteiger partial charge on any atom is 1.00 e. The third-order valence-corrected chi connectivity index (χ3v) is 5.00. The summed E-state index contributed by atoms with van der Waals surface area (Å²) in [6, 6.07) is 5.03. The molecule has 2 aliphatic rings. The van der Waals surface area contributed by atoms with Crippen molar-refractivity contribution in [3.05, 3.63) is 35.0 Å². The Balaban J connectivity index is 0.00000192. The normalized spacial score (nSPS) is 23.3. The number of carbonyl (C=O) groups is 2. The van der Waals surface area contributed by atoms with Crippen molar-refractivity contribution in [2.75, 3.05) is 0 Å². The van der Waals surface area contributed by atoms with Gasteiger partial charge in [0.1, 0.15) is 5.03 Å². The van der Waals surface area contributed by atoms with Crippen LogP contribution in [0.1, 0.15) is 20.3 Å². The van der Waals surface area contributed by atoms with Gasteiger partial charge in [-0.3, -0.25) is 4.79 Å². The Labute approximate surface area is 180 Å². The molecular weight excluding hydrogens is 343 g/mol. The van der Waals surface area contributed by atoms with Crippen LogP contribution in [0.25, 0.3) is 0 Å². The fourth-order valence-electron chi connectivity index (χ4n) is 3.06. The van der Waals surface area contributed by atoms with Gasteiger partial charge in [0.25, 0.3) is 0 Å². The van der Waals surface area contributed by atoms with Crippen LogP contribution in [-0.4, -0.2) is 38.5 Å². The monoisotopic (exact) mass is 358 g/mol. The number of carboxylic acid groups (broad SMARTS) is 1. The van der Waals surface area contributed by atoms with Gasteiger partial charge in [-0.05, 0) is 26.0 Å². The fraction of sp³-hybridized carbons (Fsp3) is 0.400. The molecule has 8 heteroatoms. The molecule has 0 saturated carbocycles. The van der Waals surface area contributed by atoms with Gasteiger partial charge in [0.05, 0.1) is 29.2 Å². The van der Waals surface area contributed by atoms with Crippen molar-refractivity contribution >= 4 is 23.6 Å². The number of carboxylic acids is 1. The number of carbonyl (C=O) groups excluding carboxylic acids is 2. The Bertz CT molecular complexity index is 672. The van der Waals surface area contributed by atoms with Gasteiger partial charge in [0.2, 0.25) is 5.91 Å². The van der Waals surface area contributed by atoms with Crippen LogP contribution in [0.5, 0.6) is 0 Å². The fourth-order valence-corrected chi connectivity index (χ4v) is 4.10. The zero-order valence-electron chi connectivity index (χ0n) is 13.1. The third kappa shape index (κ3) is 3.44. The Kier molecular flexibility index (Phi) is 5.77. The van der Waals surface area contributed by atoms with Crippen LogP contribution in [0.15, 0.2) is 40.0 Å². The van der Waals surface area contributed by atoms with Crippen LogP contribution in [0.4, 0.5) is 0 Å². The molecule has 1 saturated heterocycles. The molecule has 6 nitrogen and oxygen atoms in total. The van der Waals surface area contributed by atoms with E-state index in [2.05, 4.69) is 4.98 Å². The van der Waals surface area contributed by atoms with Crippen molar-refractivity contribution in [3.8, 4) is 0 Å². The molecule has 2 atom stereocenters. The summed E-state index contributed by atoms with van der Waals surface area (Å²) in [6.07, 6.45) is 2.02. The molecule has 0 bridgehead atoms. The van der Waals surface area contributed by atoms with Crippen molar-refractivity contribution in [1.29, 1.82) is 0 Å². The van der Waals surface area contributed by atoms with Gasteiger partial charge in [-0.1, -0.05) is 17.8 Å². The van der Waals surface area contributed by atoms with Crippen LogP contribution in [0, 0.1) is 5.92 Å². The number of hydrogen-bond donors (Lipinski definition) is 1. The van der Waals surface area contributed by atoms with Crippen LogP contribution >= 0.6 is 11.8 Å². The molecule has 0 aliphatic carbocycles. The van der Waals surface area contributed by atoms with Gasteiger partial charge in [0.15, 0.2) is 0 Å². The maximum atomic E-state index is 12.2. The zero-order chi connectivity index (χ0) is 16.1. The number of aliphatic carboxylic acids is 1. The van der Waals surface area contributed by atoms with Crippen LogP contribution in [0.3, 0.4) is 0 Å². The Morgan fingerprint density at radius 1 is 1.48 bits per heavy atom. The summed E-state index contributed by atoms with van der Waals surface area (Å²) in [4.78, 5) is 29.6. The van der Waals surface area contributed by atoms with E-state index < -0.39 is 17.5 Å². The number of hydrogen-bond acceptors (Lipinski definition) is 6. The number of pyridine rings is 1. The number of aromatic nitrogens is 1. The zero-order valence-corrected chi connectivity index (χ0v) is 17.1. The summed E-state index contributed by atoms with van der Waals surface area (Å²) in [6.45, 7) is 3.13. The van der Waals surface area contributed by atoms with Crippen molar-refractivity contribution in [2.24, 2.45) is 5.92 Å². The molecule has 1 fully saturated rings. The standard InChI is InChI=1S/C15H16N2O4S.K/c1-15(2,21)11-8-7-9(22-10-5-3-4-6-16-10)12(14(19)20)17(8)13(11)18;/h3-6,8,11,21H,7H2,1-2H3,(H,19,20);/q;+1/p-1/t8-,11+;/m1./s1. The van der Waals surface area contributed by atoms with Crippen molar-refractivity contribution in [2.45, 2.75) is 36.9 Å². The number of aliphatic hydroxyl groups is 1. The Morgan fingerprint density at radius 3 is 2.70 bits per heavy atom. The Morgan fingerprint density at radius 2 is 2.17 bits per heavy atom. The minimum Gasteiger partial charge on any atom is -0.543 e. The maximum absolute atomic E-state index is 12.2. The predicted molar refractivity (Wildman–Crippen MR) is 77.2 cm³/mol. The number of amides is 1. The van der Waals surface area contributed by atoms with Crippen LogP contribution in [0.2, 0.25) is 0 Å². The van der Waals surface area contributed by atoms with E-state index in [0.29, 0.717) is 16.4 Å². The first kappa shape index (κ1) is 19.1. The molecule has 1 amide bonds. The largest absolute Gasteiger partial charge is 1.00 e. The molecule has 3 rings (SSSR count). The van der Waals surface area contributed by atoms with Gasteiger partial charge >= 0.3 is 51.4 Å². The number of rotatable bonds is 4. The first-order valence-electron chi connectivity index (χ1n) is 6.89. The second-order valence-electron chi connectivity index (χ2n) is 5.94. The van der Waals surface area contributed by atoms with E-state index in [1.165, 1.54) is 16.7 Å². The molecule has 0 aromatic carbocycles. The minimum absolute atomic E-state index is 0. The first-order chi connectivity index (χ1) is 10.3. The summed E-state index contributed by atoms with van der Waals surface area (Å²) in [5.41, 5.74) is -1.27. The summed E-state index contributed by atoms with van der Waals surface area (Å²) >= 11 is 1.22. The molecule has 3 heterocycles. The molecule has 0 radical (unpaired) electrons. The van der Waals surface area contributed by atoms with Crippen molar-refractivity contribution < 1.29 is 71.2 Å². The molecule has 1 aromatic rings. The molecule has 116 valence electrons. The SMILES string of the molecule is CC(C)(O)[C@@H]1C(=O)N2C(C(=O)[O-])=C(Sc3ccccn3)C[C@H]12.[K+]. The third-order valence-electron chi connectivity index (χ3n) is 3.94. The predicted octanol–water partition coefficient (Wildman–Crippen LogP) is -2.86. The quantitative estimate of drug-likeness (QED) is 0.460. The number of thioether (sulfide) groups is 1. The van der Waals surface area contributed by atoms with Gasteiger partial charge in [-0.2, -0.15) is 0 Å². The van der Waals surface area contributed by atoms with Gasteiger partial charge in [-0.25, -0.2) is 4.98 Å². The molecular formula is C15H15KN2O4S. The summed E-state index contributed by atoms with van der Waals surface area (Å²) in [5.74, 6) is -2.33. The average molecular weight is 358 g/mol. The van der Waals surface area contributed by atoms with E-state index in [-0.39, 0.29) is 69.0 Å². The average Bonchev–Trinajstić information content (AvgIpc) is 2.72. The second-order valence-corrected chi connectivity index (χ2v) is 7.06. The molecule has 2 aliphatic heterocycles. The first-order valence-corrected chi connectivity index (χ1v) is 7.71. The smallest absolute Gasteiger partial charge is 0.543 e. The van der Waals surface area contributed by atoms with E-state index >= 15 is 0 Å². The van der Waals surface area contributed by atoms with Gasteiger partial charge in [-0.15, -0.1) is 0 Å². The summed E-state index contributed by atoms with van der Waals surface area (Å²) < 4.78 is 0. The van der Waals surface area contributed by atoms with E-state index in [1.807, 2.05) is 6.07 Å². The van der Waals surface area contributed by atoms with Crippen molar-refractivity contribution in [3.63, 3.8) is 0 Å². The molecule has 0 spiro atoms. The Hall–Kier alpha value is -0.224. The topological polar surface area (TPSA) is 93.6 Å². The molecule has 0 unspecified atom stereocenters. The van der Waals surface area contributed by atoms with Crippen LogP contribution in [-0.2, 0) is 9.59 Å². The van der Waals surface area contributed by atoms with Gasteiger partial charge in [0, 0.05) is 17.5 Å². The minimum atomic E-state index is -1.37. The van der Waals surface area contributed by atoms with Gasteiger partial charge < -0.3 is 19.9 Å². The summed E-state index contributed by atoms with van der Waals surface area (Å²) in [7, 11) is 0. The van der Waals surface area contributed by atoms with E-state index in [0.717, 1.165) is 0 Å². The van der Waals surface area contributed by atoms with Crippen molar-refractivity contribution in [1.82, 2.24) is 9.88 Å². The van der Waals surface area contributed by atoms with Crippen LogP contribution < -0.4 is 56.5 Å². The molecule has 1 aromatic heterocycles. The number of fused-ring (bicyclic) bond motifs is 1. The van der Waals surface area contributed by atoms with E-state index in [1.54, 1.807) is 32.2 Å². The van der Waals surface area contributed by atoms with E-state index in [9.17, 15) is 19.8 Å². The molecule has 23 heavy (non-hydrogen) atoms. The van der Waals surface area contributed by atoms with E-state index in [4.69, 9.17) is 0 Å². The molecule has 1 N–H and O–H groups in total.